The lowest BCUT2D eigenvalue weighted by Gasteiger charge is -2.11. The lowest BCUT2D eigenvalue weighted by atomic mass is 10.2. The number of nitrogens with two attached hydrogens (primary N) is 1. The molecule has 0 radical (unpaired) electrons. The van der Waals surface area contributed by atoms with Gasteiger partial charge in [-0.15, -0.1) is 0 Å². The number of nitrogens with zero attached hydrogens (tertiary/aromatic N) is 2. The summed E-state index contributed by atoms with van der Waals surface area (Å²) in [7, 11) is 0. The summed E-state index contributed by atoms with van der Waals surface area (Å²) in [5.74, 6) is 0.314. The van der Waals surface area contributed by atoms with Crippen molar-refractivity contribution in [1.82, 2.24) is 19.9 Å². The summed E-state index contributed by atoms with van der Waals surface area (Å²) < 4.78 is 3.65. The molecule has 6 nitrogen and oxygen atoms in total. The zero-order chi connectivity index (χ0) is 18.5. The SMILES string of the molecule is Nc1ncc(CCCNC(=O)c2cc(Br)c(Br)n2Cc2ccccc2)[nH]1. The van der Waals surface area contributed by atoms with E-state index >= 15 is 0 Å². The van der Waals surface area contributed by atoms with Gasteiger partial charge in [0.05, 0.1) is 15.3 Å². The van der Waals surface area contributed by atoms with E-state index in [0.717, 1.165) is 33.2 Å². The molecule has 0 aliphatic rings. The highest BCUT2D eigenvalue weighted by Crippen LogP contribution is 2.28. The first kappa shape index (κ1) is 18.7. The molecule has 2 aromatic heterocycles. The predicted molar refractivity (Wildman–Crippen MR) is 109 cm³/mol. The van der Waals surface area contributed by atoms with Crippen molar-refractivity contribution in [1.29, 1.82) is 0 Å². The van der Waals surface area contributed by atoms with Gasteiger partial charge in [0.25, 0.3) is 5.91 Å². The third kappa shape index (κ3) is 4.56. The summed E-state index contributed by atoms with van der Waals surface area (Å²) in [6.07, 6.45) is 3.30. The van der Waals surface area contributed by atoms with Crippen LogP contribution in [0.4, 0.5) is 5.95 Å². The number of imidazole rings is 1. The number of benzene rings is 1. The molecular formula is C18H19Br2N5O. The minimum absolute atomic E-state index is 0.101. The average molecular weight is 481 g/mol. The van der Waals surface area contributed by atoms with Gasteiger partial charge in [-0.05, 0) is 56.3 Å². The number of hydrogen-bond donors (Lipinski definition) is 3. The molecule has 0 aliphatic carbocycles. The number of H-pyrrole nitrogens is 1. The molecule has 0 unspecified atom stereocenters. The Bertz CT molecular complexity index is 888. The monoisotopic (exact) mass is 479 g/mol. The fraction of sp³-hybridized carbons (Fsp3) is 0.222. The van der Waals surface area contributed by atoms with Gasteiger partial charge in [-0.25, -0.2) is 4.98 Å². The second-order valence-electron chi connectivity index (χ2n) is 5.89. The fourth-order valence-electron chi connectivity index (χ4n) is 2.68. The Morgan fingerprint density at radius 1 is 1.27 bits per heavy atom. The molecule has 1 amide bonds. The van der Waals surface area contributed by atoms with Crippen molar-refractivity contribution in [2.24, 2.45) is 0 Å². The molecule has 2 heterocycles. The van der Waals surface area contributed by atoms with Crippen LogP contribution >= 0.6 is 31.9 Å². The molecule has 0 atom stereocenters. The lowest BCUT2D eigenvalue weighted by molar-refractivity contribution is 0.0944. The Hall–Kier alpha value is -2.06. The summed E-state index contributed by atoms with van der Waals surface area (Å²) in [6, 6.07) is 11.9. The number of nitrogens with one attached hydrogen (secondary N) is 2. The van der Waals surface area contributed by atoms with E-state index in [-0.39, 0.29) is 5.91 Å². The van der Waals surface area contributed by atoms with E-state index in [1.165, 1.54) is 0 Å². The van der Waals surface area contributed by atoms with Gasteiger partial charge < -0.3 is 20.6 Å². The van der Waals surface area contributed by atoms with E-state index < -0.39 is 0 Å². The molecule has 0 spiro atoms. The van der Waals surface area contributed by atoms with Crippen LogP contribution in [0.1, 0.15) is 28.2 Å². The number of halogens is 2. The van der Waals surface area contributed by atoms with Crippen LogP contribution in [-0.2, 0) is 13.0 Å². The van der Waals surface area contributed by atoms with Gasteiger partial charge in [-0.3, -0.25) is 4.79 Å². The maximum atomic E-state index is 12.6. The quantitative estimate of drug-likeness (QED) is 0.450. The maximum Gasteiger partial charge on any atom is 0.267 e. The normalized spacial score (nSPS) is 10.8. The van der Waals surface area contributed by atoms with Crippen LogP contribution in [0, 0.1) is 0 Å². The van der Waals surface area contributed by atoms with Crippen LogP contribution in [0.25, 0.3) is 0 Å². The molecular weight excluding hydrogens is 462 g/mol. The Balaban J connectivity index is 1.62. The van der Waals surface area contributed by atoms with Crippen molar-refractivity contribution < 1.29 is 4.79 Å². The van der Waals surface area contributed by atoms with Crippen LogP contribution in [0.2, 0.25) is 0 Å². The minimum Gasteiger partial charge on any atom is -0.369 e. The van der Waals surface area contributed by atoms with Gasteiger partial charge in [-0.2, -0.15) is 0 Å². The molecule has 3 aromatic rings. The highest BCUT2D eigenvalue weighted by molar-refractivity contribution is 9.13. The fourth-order valence-corrected chi connectivity index (χ4v) is 3.54. The first-order valence-electron chi connectivity index (χ1n) is 8.20. The number of aromatic amines is 1. The molecule has 0 saturated heterocycles. The lowest BCUT2D eigenvalue weighted by Crippen LogP contribution is -2.27. The van der Waals surface area contributed by atoms with Gasteiger partial charge in [-0.1, -0.05) is 30.3 Å². The van der Waals surface area contributed by atoms with Crippen molar-refractivity contribution in [2.45, 2.75) is 19.4 Å². The summed E-state index contributed by atoms with van der Waals surface area (Å²) in [4.78, 5) is 19.6. The van der Waals surface area contributed by atoms with E-state index in [0.29, 0.717) is 24.7 Å². The predicted octanol–water partition coefficient (Wildman–Crippen LogP) is 3.73. The second-order valence-corrected chi connectivity index (χ2v) is 7.50. The van der Waals surface area contributed by atoms with Crippen LogP contribution in [0.5, 0.6) is 0 Å². The number of anilines is 1. The van der Waals surface area contributed by atoms with Gasteiger partial charge in [0, 0.05) is 18.8 Å². The van der Waals surface area contributed by atoms with E-state index in [2.05, 4.69) is 47.1 Å². The first-order chi connectivity index (χ1) is 12.5. The van der Waals surface area contributed by atoms with Crippen LogP contribution in [-0.4, -0.2) is 27.0 Å². The molecule has 136 valence electrons. The van der Waals surface area contributed by atoms with Crippen molar-refractivity contribution in [3.8, 4) is 0 Å². The van der Waals surface area contributed by atoms with E-state index in [1.807, 2.05) is 41.0 Å². The number of carbonyl (C=O) groups excluding carboxylic acids is 1. The number of aryl methyl sites for hydroxylation is 1. The minimum atomic E-state index is -0.101. The van der Waals surface area contributed by atoms with Gasteiger partial charge >= 0.3 is 0 Å². The summed E-state index contributed by atoms with van der Waals surface area (Å²) >= 11 is 7.05. The largest absolute Gasteiger partial charge is 0.369 e. The Morgan fingerprint density at radius 3 is 2.73 bits per heavy atom. The van der Waals surface area contributed by atoms with Crippen LogP contribution in [0.3, 0.4) is 0 Å². The topological polar surface area (TPSA) is 88.7 Å². The zero-order valence-corrected chi connectivity index (χ0v) is 17.2. The standard InChI is InChI=1S/C18H19Br2N5O/c19-14-9-15(25(16(14)20)11-12-5-2-1-3-6-12)17(26)22-8-4-7-13-10-23-18(21)24-13/h1-3,5-6,9-10H,4,7-8,11H2,(H,22,26)(H3,21,23,24). The summed E-state index contributed by atoms with van der Waals surface area (Å²) in [6.45, 7) is 1.19. The Kier molecular flexibility index (Phi) is 6.16. The smallest absolute Gasteiger partial charge is 0.267 e. The van der Waals surface area contributed by atoms with Crippen LogP contribution in [0.15, 0.2) is 51.7 Å². The average Bonchev–Trinajstić information content (AvgIpc) is 3.17. The third-order valence-corrected chi connectivity index (χ3v) is 5.95. The molecule has 1 aromatic carbocycles. The zero-order valence-electron chi connectivity index (χ0n) is 14.0. The molecule has 8 heteroatoms. The third-order valence-electron chi connectivity index (χ3n) is 3.96. The van der Waals surface area contributed by atoms with Crippen molar-refractivity contribution in [3.05, 3.63) is 68.6 Å². The van der Waals surface area contributed by atoms with E-state index in [4.69, 9.17) is 5.73 Å². The number of carbonyl (C=O) groups is 1. The highest BCUT2D eigenvalue weighted by Gasteiger charge is 2.17. The number of nitrogen functional groups attached to an aromatic ring is 1. The molecule has 0 aliphatic heterocycles. The van der Waals surface area contributed by atoms with Crippen molar-refractivity contribution >= 4 is 43.7 Å². The van der Waals surface area contributed by atoms with Crippen molar-refractivity contribution in [3.63, 3.8) is 0 Å². The molecule has 3 rings (SSSR count). The Morgan fingerprint density at radius 2 is 2.04 bits per heavy atom. The van der Waals surface area contributed by atoms with Crippen molar-refractivity contribution in [2.75, 3.05) is 12.3 Å². The first-order valence-corrected chi connectivity index (χ1v) is 9.79. The maximum absolute atomic E-state index is 12.6. The molecule has 26 heavy (non-hydrogen) atoms. The van der Waals surface area contributed by atoms with Gasteiger partial charge in [0.1, 0.15) is 5.69 Å². The highest BCUT2D eigenvalue weighted by atomic mass is 79.9. The number of aromatic nitrogens is 3. The van der Waals surface area contributed by atoms with E-state index in [1.54, 1.807) is 6.20 Å². The molecule has 0 saturated carbocycles. The number of amides is 1. The number of rotatable bonds is 7. The van der Waals surface area contributed by atoms with Gasteiger partial charge in [0.2, 0.25) is 0 Å². The molecule has 0 bridgehead atoms. The second kappa shape index (κ2) is 8.55. The Labute approximate surface area is 168 Å². The molecule has 4 N–H and O–H groups in total. The summed E-state index contributed by atoms with van der Waals surface area (Å²) in [5.41, 5.74) is 8.26. The van der Waals surface area contributed by atoms with Gasteiger partial charge in [0.15, 0.2) is 5.95 Å². The van der Waals surface area contributed by atoms with E-state index in [9.17, 15) is 4.79 Å². The summed E-state index contributed by atoms with van der Waals surface area (Å²) in [5, 5.41) is 2.98. The molecule has 0 fully saturated rings. The number of hydrogen-bond acceptors (Lipinski definition) is 3. The van der Waals surface area contributed by atoms with Crippen LogP contribution < -0.4 is 11.1 Å².